The fourth-order valence-corrected chi connectivity index (χ4v) is 2.72. The summed E-state index contributed by atoms with van der Waals surface area (Å²) in [6, 6.07) is 9.53. The normalized spacial score (nSPS) is 17.9. The summed E-state index contributed by atoms with van der Waals surface area (Å²) in [4.78, 5) is 27.1. The van der Waals surface area contributed by atoms with Gasteiger partial charge in [-0.25, -0.2) is 4.79 Å². The van der Waals surface area contributed by atoms with Crippen LogP contribution in [0.5, 0.6) is 0 Å². The van der Waals surface area contributed by atoms with E-state index in [9.17, 15) is 9.59 Å². The maximum absolute atomic E-state index is 12.1. The molecule has 1 atom stereocenters. The first-order valence-electron chi connectivity index (χ1n) is 7.39. The van der Waals surface area contributed by atoms with Crippen LogP contribution >= 0.6 is 11.6 Å². The monoisotopic (exact) mass is 324 g/mol. The maximum atomic E-state index is 12.1. The minimum absolute atomic E-state index is 0.0190. The number of benzene rings is 1. The van der Waals surface area contributed by atoms with Gasteiger partial charge >= 0.3 is 6.09 Å². The highest BCUT2D eigenvalue weighted by Gasteiger charge is 2.28. The molecule has 1 aliphatic heterocycles. The molecule has 1 fully saturated rings. The zero-order valence-corrected chi connectivity index (χ0v) is 13.5. The molecule has 2 amide bonds. The van der Waals surface area contributed by atoms with Gasteiger partial charge in [-0.2, -0.15) is 0 Å². The summed E-state index contributed by atoms with van der Waals surface area (Å²) in [5.74, 6) is -0.105. The number of ether oxygens (including phenoxy) is 1. The van der Waals surface area contributed by atoms with E-state index in [2.05, 4.69) is 0 Å². The Morgan fingerprint density at radius 2 is 2.09 bits per heavy atom. The standard InChI is InChI=1S/C16H21ClN2O3/c1-18(14-8-5-9-19(11-14)15(20)10-17)16(21)22-12-13-6-3-2-4-7-13/h2-4,6-7,14H,5,8-12H2,1H3. The van der Waals surface area contributed by atoms with Gasteiger partial charge in [-0.1, -0.05) is 30.3 Å². The van der Waals surface area contributed by atoms with Crippen LogP contribution in [-0.4, -0.2) is 53.9 Å². The van der Waals surface area contributed by atoms with Gasteiger partial charge in [0.05, 0.1) is 6.04 Å². The second kappa shape index (κ2) is 8.03. The number of hydrogen-bond donors (Lipinski definition) is 0. The molecule has 0 aliphatic carbocycles. The molecule has 22 heavy (non-hydrogen) atoms. The Morgan fingerprint density at radius 3 is 2.77 bits per heavy atom. The Bertz CT molecular complexity index is 509. The number of piperidine rings is 1. The summed E-state index contributed by atoms with van der Waals surface area (Å²) >= 11 is 5.60. The number of amides is 2. The van der Waals surface area contributed by atoms with E-state index in [4.69, 9.17) is 16.3 Å². The van der Waals surface area contributed by atoms with Gasteiger partial charge in [-0.05, 0) is 18.4 Å². The number of nitrogens with zero attached hydrogens (tertiary/aromatic N) is 2. The lowest BCUT2D eigenvalue weighted by molar-refractivity contribution is -0.130. The first-order chi connectivity index (χ1) is 10.6. The smallest absolute Gasteiger partial charge is 0.410 e. The predicted octanol–water partition coefficient (Wildman–Crippen LogP) is 2.48. The number of carbonyl (C=O) groups excluding carboxylic acids is 2. The SMILES string of the molecule is CN(C(=O)OCc1ccccc1)C1CCCN(C(=O)CCl)C1. The number of alkyl halides is 1. The molecule has 0 aromatic heterocycles. The fourth-order valence-electron chi connectivity index (χ4n) is 2.55. The molecule has 1 aromatic carbocycles. The molecule has 0 spiro atoms. The van der Waals surface area contributed by atoms with Crippen LogP contribution in [0.15, 0.2) is 30.3 Å². The molecule has 120 valence electrons. The highest BCUT2D eigenvalue weighted by atomic mass is 35.5. The van der Waals surface area contributed by atoms with Crippen molar-refractivity contribution < 1.29 is 14.3 Å². The van der Waals surface area contributed by atoms with Gasteiger partial charge in [0.1, 0.15) is 12.5 Å². The Balaban J connectivity index is 1.85. The summed E-state index contributed by atoms with van der Waals surface area (Å²) in [5, 5.41) is 0. The lowest BCUT2D eigenvalue weighted by Crippen LogP contribution is -2.50. The fraction of sp³-hybridized carbons (Fsp3) is 0.500. The van der Waals surface area contributed by atoms with E-state index in [1.165, 1.54) is 0 Å². The first kappa shape index (κ1) is 16.6. The zero-order chi connectivity index (χ0) is 15.9. The number of halogens is 1. The van der Waals surface area contributed by atoms with E-state index < -0.39 is 0 Å². The van der Waals surface area contributed by atoms with Crippen molar-refractivity contribution in [2.24, 2.45) is 0 Å². The van der Waals surface area contributed by atoms with Crippen LogP contribution in [0.1, 0.15) is 18.4 Å². The molecule has 0 radical (unpaired) electrons. The molecule has 0 bridgehead atoms. The van der Waals surface area contributed by atoms with E-state index in [0.29, 0.717) is 13.1 Å². The van der Waals surface area contributed by atoms with Gasteiger partial charge in [-0.15, -0.1) is 11.6 Å². The second-order valence-corrected chi connectivity index (χ2v) is 5.69. The van der Waals surface area contributed by atoms with Crippen LogP contribution in [0.2, 0.25) is 0 Å². The average molecular weight is 325 g/mol. The van der Waals surface area contributed by atoms with Gasteiger partial charge in [-0.3, -0.25) is 4.79 Å². The van der Waals surface area contributed by atoms with E-state index in [0.717, 1.165) is 18.4 Å². The van der Waals surface area contributed by atoms with Gasteiger partial charge in [0.25, 0.3) is 0 Å². The van der Waals surface area contributed by atoms with Gasteiger partial charge in [0.2, 0.25) is 5.91 Å². The molecule has 1 aromatic rings. The number of carbonyl (C=O) groups is 2. The third kappa shape index (κ3) is 4.37. The summed E-state index contributed by atoms with van der Waals surface area (Å²) in [7, 11) is 1.71. The van der Waals surface area contributed by atoms with E-state index in [-0.39, 0.29) is 30.5 Å². The first-order valence-corrected chi connectivity index (χ1v) is 7.92. The van der Waals surface area contributed by atoms with Gasteiger partial charge < -0.3 is 14.5 Å². The van der Waals surface area contributed by atoms with Crippen molar-refractivity contribution >= 4 is 23.6 Å². The van der Waals surface area contributed by atoms with Crippen molar-refractivity contribution in [3.8, 4) is 0 Å². The molecule has 1 unspecified atom stereocenters. The van der Waals surface area contributed by atoms with E-state index in [1.54, 1.807) is 16.8 Å². The van der Waals surface area contributed by atoms with Crippen LogP contribution in [0.3, 0.4) is 0 Å². The van der Waals surface area contributed by atoms with Crippen molar-refractivity contribution in [2.75, 3.05) is 26.0 Å². The number of likely N-dealkylation sites (tertiary alicyclic amines) is 1. The summed E-state index contributed by atoms with van der Waals surface area (Å²) < 4.78 is 5.32. The third-order valence-corrected chi connectivity index (χ3v) is 4.13. The molecule has 0 saturated carbocycles. The third-order valence-electron chi connectivity index (χ3n) is 3.90. The van der Waals surface area contributed by atoms with Crippen molar-refractivity contribution in [2.45, 2.75) is 25.5 Å². The van der Waals surface area contributed by atoms with Crippen molar-refractivity contribution in [1.29, 1.82) is 0 Å². The number of rotatable bonds is 4. The van der Waals surface area contributed by atoms with Crippen molar-refractivity contribution in [3.05, 3.63) is 35.9 Å². The molecule has 1 aliphatic rings. The largest absolute Gasteiger partial charge is 0.445 e. The quantitative estimate of drug-likeness (QED) is 0.800. The Morgan fingerprint density at radius 1 is 1.36 bits per heavy atom. The van der Waals surface area contributed by atoms with Crippen molar-refractivity contribution in [1.82, 2.24) is 9.80 Å². The Kier molecular flexibility index (Phi) is 6.07. The number of hydrogen-bond acceptors (Lipinski definition) is 3. The van der Waals surface area contributed by atoms with Crippen LogP contribution in [0.4, 0.5) is 4.79 Å². The van der Waals surface area contributed by atoms with Crippen LogP contribution in [0.25, 0.3) is 0 Å². The molecule has 1 heterocycles. The van der Waals surface area contributed by atoms with Crippen LogP contribution in [-0.2, 0) is 16.1 Å². The van der Waals surface area contributed by atoms with Crippen LogP contribution in [0, 0.1) is 0 Å². The summed E-state index contributed by atoms with van der Waals surface area (Å²) in [6.07, 6.45) is 1.36. The highest BCUT2D eigenvalue weighted by Crippen LogP contribution is 2.16. The molecular weight excluding hydrogens is 304 g/mol. The highest BCUT2D eigenvalue weighted by molar-refractivity contribution is 6.27. The van der Waals surface area contributed by atoms with Crippen molar-refractivity contribution in [3.63, 3.8) is 0 Å². The Hall–Kier alpha value is -1.75. The molecular formula is C16H21ClN2O3. The minimum atomic E-state index is -0.367. The molecule has 1 saturated heterocycles. The lowest BCUT2D eigenvalue weighted by atomic mass is 10.0. The number of likely N-dealkylation sites (N-methyl/N-ethyl adjacent to an activating group) is 1. The van der Waals surface area contributed by atoms with E-state index >= 15 is 0 Å². The second-order valence-electron chi connectivity index (χ2n) is 5.42. The van der Waals surface area contributed by atoms with Crippen LogP contribution < -0.4 is 0 Å². The summed E-state index contributed by atoms with van der Waals surface area (Å²) in [6.45, 7) is 1.47. The summed E-state index contributed by atoms with van der Waals surface area (Å²) in [5.41, 5.74) is 0.951. The molecule has 6 heteroatoms. The predicted molar refractivity (Wildman–Crippen MR) is 84.7 cm³/mol. The minimum Gasteiger partial charge on any atom is -0.445 e. The lowest BCUT2D eigenvalue weighted by Gasteiger charge is -2.36. The molecule has 0 N–H and O–H groups in total. The molecule has 2 rings (SSSR count). The topological polar surface area (TPSA) is 49.9 Å². The molecule has 5 nitrogen and oxygen atoms in total. The Labute approximate surface area is 135 Å². The average Bonchev–Trinajstić information content (AvgIpc) is 2.59. The zero-order valence-electron chi connectivity index (χ0n) is 12.7. The van der Waals surface area contributed by atoms with E-state index in [1.807, 2.05) is 30.3 Å². The maximum Gasteiger partial charge on any atom is 0.410 e. The van der Waals surface area contributed by atoms with Gasteiger partial charge in [0, 0.05) is 20.1 Å². The van der Waals surface area contributed by atoms with Gasteiger partial charge in [0.15, 0.2) is 0 Å².